The van der Waals surface area contributed by atoms with Crippen molar-refractivity contribution < 1.29 is 24.2 Å². The lowest BCUT2D eigenvalue weighted by Crippen LogP contribution is -2.47. The second kappa shape index (κ2) is 7.24. The third-order valence-corrected chi connectivity index (χ3v) is 2.70. The summed E-state index contributed by atoms with van der Waals surface area (Å²) in [7, 11) is 1.49. The van der Waals surface area contributed by atoms with Gasteiger partial charge in [0.1, 0.15) is 12.1 Å². The van der Waals surface area contributed by atoms with Crippen LogP contribution >= 0.6 is 0 Å². The molecule has 1 amide bonds. The van der Waals surface area contributed by atoms with Crippen molar-refractivity contribution in [2.24, 2.45) is 0 Å². The summed E-state index contributed by atoms with van der Waals surface area (Å²) in [5.41, 5.74) is 0. The number of carboxylic acids is 1. The van der Waals surface area contributed by atoms with E-state index in [4.69, 9.17) is 14.6 Å². The monoisotopic (exact) mass is 245 g/mol. The van der Waals surface area contributed by atoms with Gasteiger partial charge in [-0.15, -0.1) is 0 Å². The van der Waals surface area contributed by atoms with Crippen molar-refractivity contribution in [3.63, 3.8) is 0 Å². The summed E-state index contributed by atoms with van der Waals surface area (Å²) in [6.45, 7) is 0.858. The standard InChI is InChI=1S/C11H19NO5/c1-16-7-5-8(11(14)15)12-10(13)9-4-2-3-6-17-9/h8-9H,2-7H2,1H3,(H,12,13)(H,14,15). The second-order valence-corrected chi connectivity index (χ2v) is 4.04. The Morgan fingerprint density at radius 3 is 2.82 bits per heavy atom. The van der Waals surface area contributed by atoms with Gasteiger partial charge in [0.05, 0.1) is 0 Å². The van der Waals surface area contributed by atoms with Crippen LogP contribution in [0.15, 0.2) is 0 Å². The molecule has 1 aliphatic rings. The number of nitrogens with one attached hydrogen (secondary N) is 1. The molecule has 0 saturated carbocycles. The highest BCUT2D eigenvalue weighted by atomic mass is 16.5. The van der Waals surface area contributed by atoms with E-state index >= 15 is 0 Å². The van der Waals surface area contributed by atoms with Gasteiger partial charge in [-0.25, -0.2) is 4.79 Å². The fraction of sp³-hybridized carbons (Fsp3) is 0.818. The molecule has 2 unspecified atom stereocenters. The van der Waals surface area contributed by atoms with Gasteiger partial charge in [0, 0.05) is 26.7 Å². The van der Waals surface area contributed by atoms with Gasteiger partial charge in [-0.1, -0.05) is 0 Å². The number of aliphatic carboxylic acids is 1. The molecule has 0 radical (unpaired) electrons. The number of carbonyl (C=O) groups is 2. The van der Waals surface area contributed by atoms with Crippen molar-refractivity contribution in [1.29, 1.82) is 0 Å². The van der Waals surface area contributed by atoms with E-state index in [2.05, 4.69) is 5.32 Å². The number of amides is 1. The maximum absolute atomic E-state index is 11.7. The number of methoxy groups -OCH3 is 1. The Hall–Kier alpha value is -1.14. The molecule has 1 rings (SSSR count). The number of carbonyl (C=O) groups excluding carboxylic acids is 1. The van der Waals surface area contributed by atoms with E-state index in [0.717, 1.165) is 12.8 Å². The smallest absolute Gasteiger partial charge is 0.326 e. The molecule has 98 valence electrons. The lowest BCUT2D eigenvalue weighted by molar-refractivity contribution is -0.145. The Balaban J connectivity index is 2.42. The fourth-order valence-electron chi connectivity index (χ4n) is 1.71. The molecule has 1 fully saturated rings. The molecular formula is C11H19NO5. The van der Waals surface area contributed by atoms with Crippen molar-refractivity contribution in [3.8, 4) is 0 Å². The Bertz CT molecular complexity index is 263. The van der Waals surface area contributed by atoms with Gasteiger partial charge in [0.2, 0.25) is 5.91 Å². The van der Waals surface area contributed by atoms with Crippen molar-refractivity contribution in [2.45, 2.75) is 37.8 Å². The minimum absolute atomic E-state index is 0.254. The van der Waals surface area contributed by atoms with Crippen LogP contribution in [-0.2, 0) is 19.1 Å². The molecule has 0 bridgehead atoms. The number of rotatable bonds is 6. The predicted octanol–water partition coefficient (Wildman–Crippen LogP) is 0.161. The molecule has 0 aromatic carbocycles. The normalized spacial score (nSPS) is 21.8. The van der Waals surface area contributed by atoms with Crippen LogP contribution in [-0.4, -0.2) is 49.5 Å². The minimum Gasteiger partial charge on any atom is -0.480 e. The molecule has 1 heterocycles. The van der Waals surface area contributed by atoms with E-state index in [0.29, 0.717) is 19.6 Å². The van der Waals surface area contributed by atoms with Crippen LogP contribution in [0.1, 0.15) is 25.7 Å². The van der Waals surface area contributed by atoms with Crippen LogP contribution in [0, 0.1) is 0 Å². The van der Waals surface area contributed by atoms with Gasteiger partial charge >= 0.3 is 5.97 Å². The van der Waals surface area contributed by atoms with Crippen molar-refractivity contribution in [2.75, 3.05) is 20.3 Å². The summed E-state index contributed by atoms with van der Waals surface area (Å²) >= 11 is 0. The molecule has 17 heavy (non-hydrogen) atoms. The van der Waals surface area contributed by atoms with Crippen molar-refractivity contribution >= 4 is 11.9 Å². The van der Waals surface area contributed by atoms with Crippen LogP contribution < -0.4 is 5.32 Å². The highest BCUT2D eigenvalue weighted by Gasteiger charge is 2.26. The van der Waals surface area contributed by atoms with E-state index in [1.807, 2.05) is 0 Å². The summed E-state index contributed by atoms with van der Waals surface area (Å²) in [5, 5.41) is 11.4. The average Bonchev–Trinajstić information content (AvgIpc) is 2.35. The largest absolute Gasteiger partial charge is 0.480 e. The number of hydrogen-bond donors (Lipinski definition) is 2. The summed E-state index contributed by atoms with van der Waals surface area (Å²) in [6, 6.07) is -0.909. The molecule has 1 saturated heterocycles. The first-order chi connectivity index (χ1) is 8.15. The summed E-state index contributed by atoms with van der Waals surface area (Å²) in [4.78, 5) is 22.6. The summed E-state index contributed by atoms with van der Waals surface area (Å²) in [5.74, 6) is -1.39. The first-order valence-corrected chi connectivity index (χ1v) is 5.79. The minimum atomic E-state index is -1.05. The highest BCUT2D eigenvalue weighted by molar-refractivity contribution is 5.86. The SMILES string of the molecule is COCCC(NC(=O)C1CCCCO1)C(=O)O. The molecule has 0 spiro atoms. The molecule has 0 aliphatic carbocycles. The molecule has 0 aromatic rings. The Kier molecular flexibility index (Phi) is 5.93. The van der Waals surface area contributed by atoms with Gasteiger partial charge in [-0.05, 0) is 19.3 Å². The molecule has 2 atom stereocenters. The van der Waals surface area contributed by atoms with Crippen LogP contribution in [0.4, 0.5) is 0 Å². The zero-order chi connectivity index (χ0) is 12.7. The zero-order valence-electron chi connectivity index (χ0n) is 9.98. The first kappa shape index (κ1) is 13.9. The molecular weight excluding hydrogens is 226 g/mol. The number of hydrogen-bond acceptors (Lipinski definition) is 4. The topological polar surface area (TPSA) is 84.9 Å². The van der Waals surface area contributed by atoms with Crippen LogP contribution in [0.3, 0.4) is 0 Å². The summed E-state index contributed by atoms with van der Waals surface area (Å²) < 4.78 is 10.1. The van der Waals surface area contributed by atoms with E-state index < -0.39 is 18.1 Å². The maximum Gasteiger partial charge on any atom is 0.326 e. The third kappa shape index (κ3) is 4.70. The Morgan fingerprint density at radius 1 is 1.53 bits per heavy atom. The van der Waals surface area contributed by atoms with Gasteiger partial charge in [0.15, 0.2) is 0 Å². The van der Waals surface area contributed by atoms with E-state index in [-0.39, 0.29) is 12.3 Å². The van der Waals surface area contributed by atoms with Gasteiger partial charge in [-0.2, -0.15) is 0 Å². The zero-order valence-corrected chi connectivity index (χ0v) is 9.98. The summed E-state index contributed by atoms with van der Waals surface area (Å²) in [6.07, 6.45) is 2.30. The predicted molar refractivity (Wildman–Crippen MR) is 59.7 cm³/mol. The molecule has 2 N–H and O–H groups in total. The fourth-order valence-corrected chi connectivity index (χ4v) is 1.71. The van der Waals surface area contributed by atoms with Crippen molar-refractivity contribution in [3.05, 3.63) is 0 Å². The quantitative estimate of drug-likeness (QED) is 0.696. The van der Waals surface area contributed by atoms with E-state index in [1.54, 1.807) is 0 Å². The first-order valence-electron chi connectivity index (χ1n) is 5.79. The maximum atomic E-state index is 11.7. The third-order valence-electron chi connectivity index (χ3n) is 2.70. The van der Waals surface area contributed by atoms with Gasteiger partial charge in [0.25, 0.3) is 0 Å². The molecule has 0 aromatic heterocycles. The van der Waals surface area contributed by atoms with Crippen LogP contribution in [0.2, 0.25) is 0 Å². The van der Waals surface area contributed by atoms with Crippen LogP contribution in [0.25, 0.3) is 0 Å². The second-order valence-electron chi connectivity index (χ2n) is 4.04. The Labute approximate surface area is 100 Å². The Morgan fingerprint density at radius 2 is 2.29 bits per heavy atom. The molecule has 6 nitrogen and oxygen atoms in total. The lowest BCUT2D eigenvalue weighted by atomic mass is 10.1. The van der Waals surface area contributed by atoms with Gasteiger partial charge in [-0.3, -0.25) is 4.79 Å². The lowest BCUT2D eigenvalue weighted by Gasteiger charge is -2.23. The van der Waals surface area contributed by atoms with Crippen molar-refractivity contribution in [1.82, 2.24) is 5.32 Å². The highest BCUT2D eigenvalue weighted by Crippen LogP contribution is 2.13. The molecule has 6 heteroatoms. The molecule has 1 aliphatic heterocycles. The number of ether oxygens (including phenoxy) is 2. The van der Waals surface area contributed by atoms with E-state index in [1.165, 1.54) is 7.11 Å². The van der Waals surface area contributed by atoms with E-state index in [9.17, 15) is 9.59 Å². The number of carboxylic acid groups (broad SMARTS) is 1. The van der Waals surface area contributed by atoms with Crippen LogP contribution in [0.5, 0.6) is 0 Å². The average molecular weight is 245 g/mol. The van der Waals surface area contributed by atoms with Gasteiger partial charge < -0.3 is 19.9 Å².